The number of nitrogens with one attached hydrogen (secondary N) is 1. The van der Waals surface area contributed by atoms with Crippen molar-refractivity contribution >= 4 is 0 Å². The highest BCUT2D eigenvalue weighted by Crippen LogP contribution is 2.42. The third-order valence-electron chi connectivity index (χ3n) is 5.54. The highest BCUT2D eigenvalue weighted by atomic mass is 16.5. The van der Waals surface area contributed by atoms with Gasteiger partial charge in [-0.05, 0) is 37.5 Å². The Hall–Kier alpha value is -0.120. The van der Waals surface area contributed by atoms with E-state index in [1.165, 1.54) is 57.8 Å². The van der Waals surface area contributed by atoms with E-state index in [2.05, 4.69) is 12.3 Å². The molecule has 1 unspecified atom stereocenters. The second-order valence-electron chi connectivity index (χ2n) is 6.31. The number of rotatable bonds is 5. The maximum atomic E-state index is 5.92. The summed E-state index contributed by atoms with van der Waals surface area (Å²) in [7, 11) is 1.87. The number of hydrogen-bond donors (Lipinski definition) is 2. The first-order valence-electron chi connectivity index (χ1n) is 7.77. The lowest BCUT2D eigenvalue weighted by Gasteiger charge is -2.43. The van der Waals surface area contributed by atoms with E-state index in [0.717, 1.165) is 5.92 Å². The van der Waals surface area contributed by atoms with Crippen LogP contribution in [0, 0.1) is 11.8 Å². The molecule has 2 rings (SSSR count). The molecule has 0 aliphatic heterocycles. The highest BCUT2D eigenvalue weighted by molar-refractivity contribution is 5.00. The van der Waals surface area contributed by atoms with Crippen molar-refractivity contribution < 1.29 is 4.74 Å². The Labute approximate surface area is 112 Å². The standard InChI is InChI=1S/C15H30N2O/c1-3-12-6-8-13(9-7-12)14(17-16)15(18-2)10-4-5-11-15/h12-14,17H,3-11,16H2,1-2H3. The van der Waals surface area contributed by atoms with Crippen LogP contribution in [0.2, 0.25) is 0 Å². The number of nitrogens with two attached hydrogens (primary N) is 1. The van der Waals surface area contributed by atoms with Crippen LogP contribution >= 0.6 is 0 Å². The van der Waals surface area contributed by atoms with Crippen molar-refractivity contribution in [3.05, 3.63) is 0 Å². The number of methoxy groups -OCH3 is 1. The molecule has 3 nitrogen and oxygen atoms in total. The fourth-order valence-electron chi connectivity index (χ4n) is 4.26. The van der Waals surface area contributed by atoms with Gasteiger partial charge in [0.1, 0.15) is 0 Å². The van der Waals surface area contributed by atoms with E-state index in [1.54, 1.807) is 0 Å². The molecular weight excluding hydrogens is 224 g/mol. The molecule has 0 aromatic rings. The van der Waals surface area contributed by atoms with Gasteiger partial charge in [0.05, 0.1) is 11.6 Å². The molecule has 3 N–H and O–H groups in total. The summed E-state index contributed by atoms with van der Waals surface area (Å²) in [6.07, 6.45) is 11.6. The van der Waals surface area contributed by atoms with Crippen molar-refractivity contribution in [1.82, 2.24) is 5.43 Å². The summed E-state index contributed by atoms with van der Waals surface area (Å²) >= 11 is 0. The molecule has 0 bridgehead atoms. The molecule has 2 fully saturated rings. The van der Waals surface area contributed by atoms with E-state index >= 15 is 0 Å². The second kappa shape index (κ2) is 6.36. The summed E-state index contributed by atoms with van der Waals surface area (Å²) in [5.41, 5.74) is 3.13. The summed E-state index contributed by atoms with van der Waals surface area (Å²) in [5, 5.41) is 0. The minimum Gasteiger partial charge on any atom is -0.377 e. The van der Waals surface area contributed by atoms with Crippen LogP contribution in [0.1, 0.15) is 64.7 Å². The van der Waals surface area contributed by atoms with Gasteiger partial charge in [0, 0.05) is 7.11 Å². The zero-order chi connectivity index (χ0) is 13.0. The average molecular weight is 254 g/mol. The van der Waals surface area contributed by atoms with E-state index in [4.69, 9.17) is 10.6 Å². The summed E-state index contributed by atoms with van der Waals surface area (Å²) in [4.78, 5) is 0. The van der Waals surface area contributed by atoms with Crippen LogP contribution in [0.25, 0.3) is 0 Å². The molecule has 18 heavy (non-hydrogen) atoms. The van der Waals surface area contributed by atoms with Gasteiger partial charge in [-0.2, -0.15) is 0 Å². The third kappa shape index (κ3) is 2.73. The molecule has 0 amide bonds. The van der Waals surface area contributed by atoms with Crippen LogP contribution in [-0.2, 0) is 4.74 Å². The predicted octanol–water partition coefficient (Wildman–Crippen LogP) is 2.99. The van der Waals surface area contributed by atoms with E-state index in [9.17, 15) is 0 Å². The van der Waals surface area contributed by atoms with Gasteiger partial charge in [-0.25, -0.2) is 0 Å². The minimum atomic E-state index is 0.0124. The molecule has 106 valence electrons. The van der Waals surface area contributed by atoms with Crippen LogP contribution in [0.15, 0.2) is 0 Å². The Morgan fingerprint density at radius 1 is 1.22 bits per heavy atom. The summed E-state index contributed by atoms with van der Waals surface area (Å²) in [6.45, 7) is 2.32. The summed E-state index contributed by atoms with van der Waals surface area (Å²) in [5.74, 6) is 7.53. The van der Waals surface area contributed by atoms with Gasteiger partial charge < -0.3 is 4.74 Å². The van der Waals surface area contributed by atoms with E-state index in [0.29, 0.717) is 12.0 Å². The van der Waals surface area contributed by atoms with Gasteiger partial charge in [0.2, 0.25) is 0 Å². The molecule has 0 aromatic carbocycles. The van der Waals surface area contributed by atoms with Crippen molar-refractivity contribution in [3.63, 3.8) is 0 Å². The number of hydrazine groups is 1. The van der Waals surface area contributed by atoms with Crippen LogP contribution in [0.5, 0.6) is 0 Å². The molecule has 2 aliphatic rings. The van der Waals surface area contributed by atoms with Crippen LogP contribution < -0.4 is 11.3 Å². The monoisotopic (exact) mass is 254 g/mol. The topological polar surface area (TPSA) is 47.3 Å². The first kappa shape index (κ1) is 14.3. The molecule has 0 radical (unpaired) electrons. The Morgan fingerprint density at radius 2 is 1.83 bits per heavy atom. The molecule has 0 heterocycles. The van der Waals surface area contributed by atoms with Crippen LogP contribution in [0.4, 0.5) is 0 Å². The molecule has 2 saturated carbocycles. The third-order valence-corrected chi connectivity index (χ3v) is 5.54. The van der Waals surface area contributed by atoms with Gasteiger partial charge >= 0.3 is 0 Å². The fraction of sp³-hybridized carbons (Fsp3) is 1.00. The first-order valence-corrected chi connectivity index (χ1v) is 7.77. The largest absolute Gasteiger partial charge is 0.377 e. The zero-order valence-electron chi connectivity index (χ0n) is 12.1. The zero-order valence-corrected chi connectivity index (χ0v) is 12.1. The Morgan fingerprint density at radius 3 is 2.28 bits per heavy atom. The Bertz CT molecular complexity index is 243. The second-order valence-corrected chi connectivity index (χ2v) is 6.31. The summed E-state index contributed by atoms with van der Waals surface area (Å²) < 4.78 is 5.92. The lowest BCUT2D eigenvalue weighted by atomic mass is 9.72. The molecule has 0 spiro atoms. The maximum absolute atomic E-state index is 5.92. The molecule has 2 aliphatic carbocycles. The van der Waals surface area contributed by atoms with Gasteiger partial charge in [0.15, 0.2) is 0 Å². The van der Waals surface area contributed by atoms with E-state index in [1.807, 2.05) is 7.11 Å². The minimum absolute atomic E-state index is 0.0124. The van der Waals surface area contributed by atoms with Gasteiger partial charge in [-0.3, -0.25) is 11.3 Å². The SMILES string of the molecule is CCC1CCC(C(NN)C2(OC)CCCC2)CC1. The lowest BCUT2D eigenvalue weighted by Crippen LogP contribution is -2.57. The smallest absolute Gasteiger partial charge is 0.0847 e. The number of hydrogen-bond acceptors (Lipinski definition) is 3. The van der Waals surface area contributed by atoms with Crippen LogP contribution in [-0.4, -0.2) is 18.8 Å². The van der Waals surface area contributed by atoms with Gasteiger partial charge in [-0.1, -0.05) is 39.0 Å². The molecule has 1 atom stereocenters. The van der Waals surface area contributed by atoms with E-state index < -0.39 is 0 Å². The maximum Gasteiger partial charge on any atom is 0.0847 e. The van der Waals surface area contributed by atoms with Gasteiger partial charge in [0.25, 0.3) is 0 Å². The highest BCUT2D eigenvalue weighted by Gasteiger charge is 2.45. The van der Waals surface area contributed by atoms with E-state index in [-0.39, 0.29) is 5.60 Å². The van der Waals surface area contributed by atoms with Crippen molar-refractivity contribution in [2.24, 2.45) is 17.7 Å². The molecule has 0 aromatic heterocycles. The quantitative estimate of drug-likeness (QED) is 0.585. The molecule has 3 heteroatoms. The van der Waals surface area contributed by atoms with Crippen molar-refractivity contribution in [2.75, 3.05) is 7.11 Å². The normalized spacial score (nSPS) is 33.5. The van der Waals surface area contributed by atoms with Crippen LogP contribution in [0.3, 0.4) is 0 Å². The first-order chi connectivity index (χ1) is 8.75. The Balaban J connectivity index is 2.00. The lowest BCUT2D eigenvalue weighted by molar-refractivity contribution is -0.0581. The predicted molar refractivity (Wildman–Crippen MR) is 75.1 cm³/mol. The number of ether oxygens (including phenoxy) is 1. The average Bonchev–Trinajstić information content (AvgIpc) is 2.90. The van der Waals surface area contributed by atoms with Crippen molar-refractivity contribution in [3.8, 4) is 0 Å². The van der Waals surface area contributed by atoms with Crippen molar-refractivity contribution in [2.45, 2.75) is 76.4 Å². The molecule has 0 saturated heterocycles. The van der Waals surface area contributed by atoms with Crippen molar-refractivity contribution in [1.29, 1.82) is 0 Å². The Kier molecular flexibility index (Phi) is 5.05. The summed E-state index contributed by atoms with van der Waals surface area (Å²) in [6, 6.07) is 0.350. The fourth-order valence-corrected chi connectivity index (χ4v) is 4.26. The molecular formula is C15H30N2O. The van der Waals surface area contributed by atoms with Gasteiger partial charge in [-0.15, -0.1) is 0 Å².